The van der Waals surface area contributed by atoms with Crippen LogP contribution in [-0.4, -0.2) is 41.5 Å². The summed E-state index contributed by atoms with van der Waals surface area (Å²) >= 11 is 0. The van der Waals surface area contributed by atoms with Gasteiger partial charge < -0.3 is 9.47 Å². The molecular formula is C17H30FNO4. The van der Waals surface area contributed by atoms with Crippen LogP contribution < -0.4 is 0 Å². The zero-order valence-electron chi connectivity index (χ0n) is 15.2. The molecule has 0 aliphatic carbocycles. The largest absolute Gasteiger partial charge is 0.443 e. The summed E-state index contributed by atoms with van der Waals surface area (Å²) in [7, 11) is 0. The van der Waals surface area contributed by atoms with Gasteiger partial charge in [-0.25, -0.2) is 14.5 Å². The summed E-state index contributed by atoms with van der Waals surface area (Å²) in [5.74, 6) is 0. The Morgan fingerprint density at radius 2 is 1.39 bits per heavy atom. The van der Waals surface area contributed by atoms with Gasteiger partial charge in [0.1, 0.15) is 11.2 Å². The normalized spacial score (nSPS) is 11.8. The minimum Gasteiger partial charge on any atom is -0.443 e. The molecule has 0 rings (SSSR count). The second-order valence-electron chi connectivity index (χ2n) is 7.44. The van der Waals surface area contributed by atoms with E-state index in [0.29, 0.717) is 24.8 Å². The molecule has 5 nitrogen and oxygen atoms in total. The summed E-state index contributed by atoms with van der Waals surface area (Å²) in [4.78, 5) is 25.4. The Morgan fingerprint density at radius 1 is 0.957 bits per heavy atom. The first-order chi connectivity index (χ1) is 10.4. The molecule has 23 heavy (non-hydrogen) atoms. The SMILES string of the molecule is C=C(CCCCF)CN(C(=O)OC(C)(C)C)C(=O)OC(C)(C)C. The van der Waals surface area contributed by atoms with Crippen molar-refractivity contribution in [1.82, 2.24) is 4.90 Å². The maximum atomic E-state index is 12.3. The summed E-state index contributed by atoms with van der Waals surface area (Å²) in [6.07, 6.45) is 0.0206. The van der Waals surface area contributed by atoms with Crippen molar-refractivity contribution in [3.05, 3.63) is 12.2 Å². The van der Waals surface area contributed by atoms with Gasteiger partial charge in [0, 0.05) is 0 Å². The molecule has 0 aromatic heterocycles. The number of hydrogen-bond donors (Lipinski definition) is 0. The van der Waals surface area contributed by atoms with Crippen LogP contribution in [0.2, 0.25) is 0 Å². The van der Waals surface area contributed by atoms with E-state index in [1.54, 1.807) is 41.5 Å². The topological polar surface area (TPSA) is 55.8 Å². The Morgan fingerprint density at radius 3 is 1.74 bits per heavy atom. The molecule has 0 saturated carbocycles. The predicted octanol–water partition coefficient (Wildman–Crippen LogP) is 4.85. The highest BCUT2D eigenvalue weighted by atomic mass is 19.1. The number of ether oxygens (including phenoxy) is 2. The average molecular weight is 331 g/mol. The first-order valence-corrected chi connectivity index (χ1v) is 7.82. The number of rotatable bonds is 6. The number of nitrogens with zero attached hydrogens (tertiary/aromatic N) is 1. The van der Waals surface area contributed by atoms with Gasteiger partial charge >= 0.3 is 12.2 Å². The van der Waals surface area contributed by atoms with Gasteiger partial charge in [-0.05, 0) is 60.8 Å². The van der Waals surface area contributed by atoms with Crippen LogP contribution in [0.4, 0.5) is 14.0 Å². The Labute approximate surface area is 138 Å². The maximum absolute atomic E-state index is 12.3. The van der Waals surface area contributed by atoms with Crippen molar-refractivity contribution in [2.75, 3.05) is 13.2 Å². The van der Waals surface area contributed by atoms with Crippen LogP contribution in [0.15, 0.2) is 12.2 Å². The lowest BCUT2D eigenvalue weighted by molar-refractivity contribution is 0.00311. The summed E-state index contributed by atoms with van der Waals surface area (Å²) < 4.78 is 22.6. The van der Waals surface area contributed by atoms with E-state index in [4.69, 9.17) is 9.47 Å². The molecule has 2 amide bonds. The zero-order valence-corrected chi connectivity index (χ0v) is 15.2. The van der Waals surface area contributed by atoms with Gasteiger partial charge in [0.05, 0.1) is 13.2 Å². The molecule has 0 fully saturated rings. The lowest BCUT2D eigenvalue weighted by atomic mass is 10.1. The maximum Gasteiger partial charge on any atom is 0.420 e. The highest BCUT2D eigenvalue weighted by molar-refractivity contribution is 5.88. The van der Waals surface area contributed by atoms with Gasteiger partial charge in [0.25, 0.3) is 0 Å². The highest BCUT2D eigenvalue weighted by Crippen LogP contribution is 2.17. The molecule has 0 aromatic rings. The van der Waals surface area contributed by atoms with Crippen molar-refractivity contribution >= 4 is 12.2 Å². The molecule has 6 heteroatoms. The van der Waals surface area contributed by atoms with Gasteiger partial charge in [-0.3, -0.25) is 4.39 Å². The van der Waals surface area contributed by atoms with Gasteiger partial charge in [0.15, 0.2) is 0 Å². The van der Waals surface area contributed by atoms with E-state index < -0.39 is 30.1 Å². The zero-order chi connectivity index (χ0) is 18.3. The van der Waals surface area contributed by atoms with Crippen molar-refractivity contribution in [2.24, 2.45) is 0 Å². The van der Waals surface area contributed by atoms with E-state index in [0.717, 1.165) is 4.90 Å². The van der Waals surface area contributed by atoms with E-state index >= 15 is 0 Å². The molecule has 0 N–H and O–H groups in total. The standard InChI is InChI=1S/C17H30FNO4/c1-13(10-8-9-11-18)12-19(14(20)22-16(2,3)4)15(21)23-17(5,6)7/h1,8-12H2,2-7H3. The molecule has 0 aliphatic rings. The van der Waals surface area contributed by atoms with E-state index in [1.165, 1.54) is 0 Å². The van der Waals surface area contributed by atoms with Crippen LogP contribution in [0, 0.1) is 0 Å². The van der Waals surface area contributed by atoms with Crippen molar-refractivity contribution in [1.29, 1.82) is 0 Å². The summed E-state index contributed by atoms with van der Waals surface area (Å²) in [5.41, 5.74) is -0.810. The third kappa shape index (κ3) is 10.7. The van der Waals surface area contributed by atoms with Gasteiger partial charge in [0.2, 0.25) is 0 Å². The quantitative estimate of drug-likeness (QED) is 0.515. The number of hydrogen-bond acceptors (Lipinski definition) is 4. The number of carbonyl (C=O) groups excluding carboxylic acids is 2. The molecule has 134 valence electrons. The number of alkyl halides is 1. The second-order valence-corrected chi connectivity index (χ2v) is 7.44. The molecular weight excluding hydrogens is 301 g/mol. The first kappa shape index (κ1) is 21.4. The van der Waals surface area contributed by atoms with Gasteiger partial charge in [-0.2, -0.15) is 0 Å². The fourth-order valence-corrected chi connectivity index (χ4v) is 1.61. The molecule has 0 bridgehead atoms. The Bertz CT molecular complexity index is 393. The smallest absolute Gasteiger partial charge is 0.420 e. The van der Waals surface area contributed by atoms with Crippen LogP contribution in [0.3, 0.4) is 0 Å². The second kappa shape index (κ2) is 8.89. The third-order valence-electron chi connectivity index (χ3n) is 2.52. The van der Waals surface area contributed by atoms with Crippen molar-refractivity contribution < 1.29 is 23.5 Å². The molecule has 0 aromatic carbocycles. The van der Waals surface area contributed by atoms with E-state index in [9.17, 15) is 14.0 Å². The molecule has 0 saturated heterocycles. The fourth-order valence-electron chi connectivity index (χ4n) is 1.61. The Balaban J connectivity index is 4.96. The summed E-state index contributed by atoms with van der Waals surface area (Å²) in [5, 5.41) is 0. The summed E-state index contributed by atoms with van der Waals surface area (Å²) in [6, 6.07) is 0. The third-order valence-corrected chi connectivity index (χ3v) is 2.52. The average Bonchev–Trinajstić information content (AvgIpc) is 2.31. The highest BCUT2D eigenvalue weighted by Gasteiger charge is 2.31. The summed E-state index contributed by atoms with van der Waals surface area (Å²) in [6.45, 7) is 13.7. The molecule has 0 aliphatic heterocycles. The minimum absolute atomic E-state index is 0.00386. The Hall–Kier alpha value is -1.59. The first-order valence-electron chi connectivity index (χ1n) is 7.82. The minimum atomic E-state index is -0.779. The fraction of sp³-hybridized carbons (Fsp3) is 0.765. The number of amides is 2. The van der Waals surface area contributed by atoms with Crippen molar-refractivity contribution in [3.63, 3.8) is 0 Å². The number of unbranched alkanes of at least 4 members (excludes halogenated alkanes) is 1. The van der Waals surface area contributed by atoms with E-state index in [2.05, 4.69) is 6.58 Å². The van der Waals surface area contributed by atoms with Crippen LogP contribution in [0.1, 0.15) is 60.8 Å². The molecule has 0 radical (unpaired) electrons. The van der Waals surface area contributed by atoms with Crippen molar-refractivity contribution in [2.45, 2.75) is 72.0 Å². The molecule has 0 spiro atoms. The monoisotopic (exact) mass is 331 g/mol. The van der Waals surface area contributed by atoms with Crippen molar-refractivity contribution in [3.8, 4) is 0 Å². The number of carbonyl (C=O) groups is 2. The number of imide groups is 1. The van der Waals surface area contributed by atoms with Crippen LogP contribution in [0.25, 0.3) is 0 Å². The lowest BCUT2D eigenvalue weighted by Gasteiger charge is -2.29. The predicted molar refractivity (Wildman–Crippen MR) is 88.1 cm³/mol. The van der Waals surface area contributed by atoms with E-state index in [1.807, 2.05) is 0 Å². The van der Waals surface area contributed by atoms with Crippen LogP contribution in [0.5, 0.6) is 0 Å². The van der Waals surface area contributed by atoms with Gasteiger partial charge in [-0.15, -0.1) is 0 Å². The van der Waals surface area contributed by atoms with E-state index in [-0.39, 0.29) is 6.54 Å². The number of halogens is 1. The van der Waals surface area contributed by atoms with Crippen LogP contribution in [-0.2, 0) is 9.47 Å². The Kier molecular flexibility index (Phi) is 8.28. The molecule has 0 unspecified atom stereocenters. The van der Waals surface area contributed by atoms with Gasteiger partial charge in [-0.1, -0.05) is 12.2 Å². The molecule has 0 heterocycles. The van der Waals surface area contributed by atoms with Crippen LogP contribution >= 0.6 is 0 Å². The lowest BCUT2D eigenvalue weighted by Crippen LogP contribution is -2.44. The molecule has 0 atom stereocenters.